The minimum Gasteiger partial charge on any atom is -0.490 e. The van der Waals surface area contributed by atoms with Crippen molar-refractivity contribution in [2.45, 2.75) is 26.4 Å². The zero-order valence-electron chi connectivity index (χ0n) is 13.0. The summed E-state index contributed by atoms with van der Waals surface area (Å²) < 4.78 is 5.41. The van der Waals surface area contributed by atoms with Crippen molar-refractivity contribution in [3.05, 3.63) is 53.8 Å². The number of aliphatic hydroxyl groups is 1. The van der Waals surface area contributed by atoms with Crippen molar-refractivity contribution in [3.8, 4) is 11.8 Å². The number of nitrogens with zero attached hydrogens (tertiary/aromatic N) is 1. The summed E-state index contributed by atoms with van der Waals surface area (Å²) in [5.41, 5.74) is -0.559. The zero-order valence-corrected chi connectivity index (χ0v) is 13.0. The Labute approximate surface area is 130 Å². The molecule has 0 heterocycles. The average molecular weight is 300 g/mol. The van der Waals surface area contributed by atoms with Crippen LogP contribution in [0.25, 0.3) is 0 Å². The van der Waals surface area contributed by atoms with Gasteiger partial charge in [0.25, 0.3) is 5.91 Å². The van der Waals surface area contributed by atoms with Gasteiger partial charge in [0.15, 0.2) is 5.60 Å². The Kier molecular flexibility index (Phi) is 6.36. The first kappa shape index (κ1) is 17.5. The highest BCUT2D eigenvalue weighted by Crippen LogP contribution is 2.14. The summed E-state index contributed by atoms with van der Waals surface area (Å²) in [6.45, 7) is 4.81. The Morgan fingerprint density at radius 2 is 2.05 bits per heavy atom. The van der Waals surface area contributed by atoms with Crippen LogP contribution in [0.5, 0.6) is 5.75 Å². The second-order valence-electron chi connectivity index (χ2n) is 4.90. The summed E-state index contributed by atoms with van der Waals surface area (Å²) in [6.07, 6.45) is 5.25. The minimum atomic E-state index is -1.68. The molecule has 22 heavy (non-hydrogen) atoms. The van der Waals surface area contributed by atoms with Gasteiger partial charge in [-0.3, -0.25) is 4.79 Å². The Hall–Kier alpha value is -2.58. The van der Waals surface area contributed by atoms with Gasteiger partial charge in [-0.15, -0.1) is 0 Å². The third kappa shape index (κ3) is 5.08. The number of benzene rings is 1. The molecule has 0 aromatic heterocycles. The van der Waals surface area contributed by atoms with E-state index in [0.717, 1.165) is 0 Å². The molecule has 1 atom stereocenters. The van der Waals surface area contributed by atoms with E-state index in [0.29, 0.717) is 17.0 Å². The lowest BCUT2D eigenvalue weighted by Crippen LogP contribution is -2.48. The van der Waals surface area contributed by atoms with Gasteiger partial charge in [-0.2, -0.15) is 5.26 Å². The van der Waals surface area contributed by atoms with Crippen molar-refractivity contribution in [2.24, 2.45) is 0 Å². The topological polar surface area (TPSA) is 82.3 Å². The molecule has 0 aliphatic heterocycles. The van der Waals surface area contributed by atoms with Gasteiger partial charge in [-0.05, 0) is 51.1 Å². The van der Waals surface area contributed by atoms with E-state index in [1.165, 1.54) is 6.92 Å². The summed E-state index contributed by atoms with van der Waals surface area (Å²) in [5.74, 6) is -0.0702. The van der Waals surface area contributed by atoms with Crippen LogP contribution < -0.4 is 10.1 Å². The molecule has 0 saturated heterocycles. The molecule has 5 nitrogen and oxygen atoms in total. The largest absolute Gasteiger partial charge is 0.490 e. The quantitative estimate of drug-likeness (QED) is 0.790. The molecule has 1 rings (SSSR count). The summed E-state index contributed by atoms with van der Waals surface area (Å²) in [7, 11) is 0. The highest BCUT2D eigenvalue weighted by Gasteiger charge is 2.31. The number of hydrogen-bond donors (Lipinski definition) is 2. The van der Waals surface area contributed by atoms with Crippen molar-refractivity contribution in [1.82, 2.24) is 5.32 Å². The fourth-order valence-electron chi connectivity index (χ4n) is 1.57. The van der Waals surface area contributed by atoms with Gasteiger partial charge in [0.1, 0.15) is 12.4 Å². The summed E-state index contributed by atoms with van der Waals surface area (Å²) in [6, 6.07) is 8.44. The molecule has 0 radical (unpaired) electrons. The number of nitrogens with one attached hydrogen (secondary N) is 1. The van der Waals surface area contributed by atoms with Gasteiger partial charge in [0.05, 0.1) is 11.6 Å². The molecular weight excluding hydrogens is 280 g/mol. The molecule has 0 fully saturated rings. The van der Waals surface area contributed by atoms with E-state index in [-0.39, 0.29) is 6.61 Å². The molecule has 0 aliphatic rings. The van der Waals surface area contributed by atoms with Crippen LogP contribution in [0, 0.1) is 11.3 Å². The number of carbonyl (C=O) groups excluding carboxylic acids is 1. The maximum Gasteiger partial charge on any atom is 0.259 e. The molecule has 0 spiro atoms. The third-order valence-electron chi connectivity index (χ3n) is 2.91. The lowest BCUT2D eigenvalue weighted by Gasteiger charge is -2.22. The summed E-state index contributed by atoms with van der Waals surface area (Å²) in [5, 5.41) is 21.6. The molecule has 2 N–H and O–H groups in total. The fourth-order valence-corrected chi connectivity index (χ4v) is 1.57. The van der Waals surface area contributed by atoms with Crippen LogP contribution in [-0.2, 0) is 4.79 Å². The van der Waals surface area contributed by atoms with E-state index in [1.54, 1.807) is 49.4 Å². The van der Waals surface area contributed by atoms with Gasteiger partial charge in [0.2, 0.25) is 0 Å². The van der Waals surface area contributed by atoms with Gasteiger partial charge >= 0.3 is 0 Å². The molecular formula is C17H20N2O3. The molecule has 1 amide bonds. The molecule has 1 aromatic rings. The Morgan fingerprint density at radius 1 is 1.41 bits per heavy atom. The van der Waals surface area contributed by atoms with E-state index in [2.05, 4.69) is 5.32 Å². The molecule has 1 unspecified atom stereocenters. The standard InChI is InChI=1S/C17H20N2O3/c1-4-6-14(5-2)19-16(20)17(3,21)12-22-15-9-7-13(11-18)8-10-15/h4-10,21H,12H2,1-3H3,(H,19,20). The first-order valence-corrected chi connectivity index (χ1v) is 6.88. The normalized spacial score (nSPS) is 14.2. The Morgan fingerprint density at radius 3 is 2.55 bits per heavy atom. The van der Waals surface area contributed by atoms with Gasteiger partial charge in [0, 0.05) is 5.70 Å². The third-order valence-corrected chi connectivity index (χ3v) is 2.91. The first-order valence-electron chi connectivity index (χ1n) is 6.88. The van der Waals surface area contributed by atoms with Crippen LogP contribution >= 0.6 is 0 Å². The van der Waals surface area contributed by atoms with Crippen LogP contribution in [0.4, 0.5) is 0 Å². The van der Waals surface area contributed by atoms with Gasteiger partial charge in [-0.1, -0.05) is 12.2 Å². The lowest BCUT2D eigenvalue weighted by molar-refractivity contribution is -0.140. The van der Waals surface area contributed by atoms with Crippen LogP contribution in [0.2, 0.25) is 0 Å². The van der Waals surface area contributed by atoms with Crippen LogP contribution in [0.1, 0.15) is 26.3 Å². The smallest absolute Gasteiger partial charge is 0.259 e. The Bertz CT molecular complexity index is 608. The molecule has 1 aromatic carbocycles. The van der Waals surface area contributed by atoms with E-state index in [4.69, 9.17) is 10.00 Å². The predicted molar refractivity (Wildman–Crippen MR) is 84.0 cm³/mol. The predicted octanol–water partition coefficient (Wildman–Crippen LogP) is 2.28. The number of ether oxygens (including phenoxy) is 1. The number of hydrogen-bond acceptors (Lipinski definition) is 4. The first-order chi connectivity index (χ1) is 10.4. The number of allylic oxidation sites excluding steroid dienone is 3. The van der Waals surface area contributed by atoms with E-state index >= 15 is 0 Å². The maximum atomic E-state index is 12.1. The SMILES string of the molecule is CC=CC(=CC)NC(=O)C(C)(O)COc1ccc(C#N)cc1. The number of rotatable bonds is 6. The van der Waals surface area contributed by atoms with E-state index in [1.807, 2.05) is 13.0 Å². The van der Waals surface area contributed by atoms with Crippen molar-refractivity contribution < 1.29 is 14.6 Å². The highest BCUT2D eigenvalue weighted by molar-refractivity contribution is 5.86. The van der Waals surface area contributed by atoms with Crippen molar-refractivity contribution in [3.63, 3.8) is 0 Å². The molecule has 0 aliphatic carbocycles. The Balaban J connectivity index is 2.65. The van der Waals surface area contributed by atoms with Crippen molar-refractivity contribution in [1.29, 1.82) is 5.26 Å². The lowest BCUT2D eigenvalue weighted by atomic mass is 10.1. The molecule has 5 heteroatoms. The van der Waals surface area contributed by atoms with E-state index < -0.39 is 11.5 Å². The number of nitriles is 1. The minimum absolute atomic E-state index is 0.197. The second kappa shape index (κ2) is 8.01. The van der Waals surface area contributed by atoms with Gasteiger partial charge < -0.3 is 15.2 Å². The number of carbonyl (C=O) groups is 1. The fraction of sp³-hybridized carbons (Fsp3) is 0.294. The molecule has 0 bridgehead atoms. The second-order valence-corrected chi connectivity index (χ2v) is 4.90. The summed E-state index contributed by atoms with van der Waals surface area (Å²) in [4.78, 5) is 12.1. The van der Waals surface area contributed by atoms with E-state index in [9.17, 15) is 9.90 Å². The zero-order chi connectivity index (χ0) is 16.6. The van der Waals surface area contributed by atoms with Crippen LogP contribution in [0.15, 0.2) is 48.2 Å². The van der Waals surface area contributed by atoms with Crippen molar-refractivity contribution in [2.75, 3.05) is 6.61 Å². The highest BCUT2D eigenvalue weighted by atomic mass is 16.5. The molecule has 116 valence electrons. The molecule has 0 saturated carbocycles. The maximum absolute atomic E-state index is 12.1. The summed E-state index contributed by atoms with van der Waals surface area (Å²) >= 11 is 0. The average Bonchev–Trinajstić information content (AvgIpc) is 2.52. The van der Waals surface area contributed by atoms with Gasteiger partial charge in [-0.25, -0.2) is 0 Å². The van der Waals surface area contributed by atoms with Crippen LogP contribution in [0.3, 0.4) is 0 Å². The number of amides is 1. The monoisotopic (exact) mass is 300 g/mol. The van der Waals surface area contributed by atoms with Crippen molar-refractivity contribution >= 4 is 5.91 Å². The van der Waals surface area contributed by atoms with Crippen LogP contribution in [-0.4, -0.2) is 23.2 Å².